The second-order valence-corrected chi connectivity index (χ2v) is 6.10. The van der Waals surface area contributed by atoms with Gasteiger partial charge in [0, 0.05) is 29.5 Å². The second kappa shape index (κ2) is 5.43. The van der Waals surface area contributed by atoms with Gasteiger partial charge in [0.05, 0.1) is 18.2 Å². The molecule has 19 heavy (non-hydrogen) atoms. The van der Waals surface area contributed by atoms with Crippen molar-refractivity contribution in [2.24, 2.45) is 0 Å². The molecule has 3 rings (SSSR count). The van der Waals surface area contributed by atoms with Gasteiger partial charge < -0.3 is 15.4 Å². The van der Waals surface area contributed by atoms with Crippen LogP contribution in [0.1, 0.15) is 19.3 Å². The van der Waals surface area contributed by atoms with Crippen LogP contribution in [0.5, 0.6) is 0 Å². The van der Waals surface area contributed by atoms with E-state index >= 15 is 0 Å². The largest absolute Gasteiger partial charge is 0.399 e. The highest BCUT2D eigenvalue weighted by Gasteiger charge is 2.27. The minimum absolute atomic E-state index is 0.103. The molecule has 1 amide bonds. The quantitative estimate of drug-likeness (QED) is 0.843. The first-order chi connectivity index (χ1) is 9.24. The molecule has 1 atom stereocenters. The first kappa shape index (κ1) is 12.8. The molecular formula is C14H18N2O2S. The van der Waals surface area contributed by atoms with Crippen LogP contribution in [-0.4, -0.2) is 30.9 Å². The Morgan fingerprint density at radius 3 is 3.21 bits per heavy atom. The average molecular weight is 278 g/mol. The average Bonchev–Trinajstić information content (AvgIpc) is 2.90. The molecule has 1 saturated heterocycles. The van der Waals surface area contributed by atoms with Crippen molar-refractivity contribution in [2.45, 2.75) is 30.3 Å². The molecule has 2 aliphatic heterocycles. The second-order valence-electron chi connectivity index (χ2n) is 4.96. The van der Waals surface area contributed by atoms with E-state index < -0.39 is 0 Å². The lowest BCUT2D eigenvalue weighted by molar-refractivity contribution is -0.120. The van der Waals surface area contributed by atoms with E-state index in [9.17, 15) is 4.79 Å². The number of hydrogen-bond acceptors (Lipinski definition) is 4. The summed E-state index contributed by atoms with van der Waals surface area (Å²) in [5, 5.41) is 0. The van der Waals surface area contributed by atoms with E-state index in [-0.39, 0.29) is 12.0 Å². The Bertz CT molecular complexity index is 486. The minimum Gasteiger partial charge on any atom is -0.399 e. The Morgan fingerprint density at radius 1 is 1.53 bits per heavy atom. The summed E-state index contributed by atoms with van der Waals surface area (Å²) in [4.78, 5) is 15.4. The molecule has 0 radical (unpaired) electrons. The van der Waals surface area contributed by atoms with Crippen molar-refractivity contribution in [2.75, 3.05) is 29.5 Å². The van der Waals surface area contributed by atoms with E-state index in [1.54, 1.807) is 11.8 Å². The molecule has 2 N–H and O–H groups in total. The normalized spacial score (nSPS) is 22.3. The van der Waals surface area contributed by atoms with Crippen molar-refractivity contribution in [3.63, 3.8) is 0 Å². The third kappa shape index (κ3) is 2.72. The highest BCUT2D eigenvalue weighted by atomic mass is 32.2. The fourth-order valence-corrected chi connectivity index (χ4v) is 3.58. The van der Waals surface area contributed by atoms with E-state index in [1.807, 2.05) is 23.1 Å². The van der Waals surface area contributed by atoms with Gasteiger partial charge in [0.2, 0.25) is 5.91 Å². The number of anilines is 2. The van der Waals surface area contributed by atoms with Gasteiger partial charge in [-0.05, 0) is 31.0 Å². The summed E-state index contributed by atoms with van der Waals surface area (Å²) in [5.41, 5.74) is 7.50. The van der Waals surface area contributed by atoms with E-state index in [1.165, 1.54) is 0 Å². The number of carbonyl (C=O) groups excluding carboxylic acids is 1. The highest BCUT2D eigenvalue weighted by molar-refractivity contribution is 7.99. The monoisotopic (exact) mass is 278 g/mol. The SMILES string of the molecule is Nc1ccc2c(c1)N(C(=O)CC1CCCO1)CCS2. The molecule has 102 valence electrons. The van der Waals surface area contributed by atoms with E-state index in [0.717, 1.165) is 42.3 Å². The number of nitrogens with two attached hydrogens (primary N) is 1. The van der Waals surface area contributed by atoms with Gasteiger partial charge in [-0.15, -0.1) is 11.8 Å². The molecule has 1 aromatic carbocycles. The Balaban J connectivity index is 1.78. The van der Waals surface area contributed by atoms with Crippen LogP contribution in [-0.2, 0) is 9.53 Å². The smallest absolute Gasteiger partial charge is 0.229 e. The Morgan fingerprint density at radius 2 is 2.42 bits per heavy atom. The van der Waals surface area contributed by atoms with Crippen LogP contribution in [0.4, 0.5) is 11.4 Å². The predicted molar refractivity (Wildman–Crippen MR) is 77.5 cm³/mol. The molecule has 1 aromatic rings. The van der Waals surface area contributed by atoms with Gasteiger partial charge >= 0.3 is 0 Å². The van der Waals surface area contributed by atoms with Gasteiger partial charge in [0.15, 0.2) is 0 Å². The summed E-state index contributed by atoms with van der Waals surface area (Å²) in [5.74, 6) is 1.09. The lowest BCUT2D eigenvalue weighted by Crippen LogP contribution is -2.37. The number of fused-ring (bicyclic) bond motifs is 1. The van der Waals surface area contributed by atoms with Gasteiger partial charge in [0.25, 0.3) is 0 Å². The summed E-state index contributed by atoms with van der Waals surface area (Å²) in [6, 6.07) is 5.79. The third-order valence-electron chi connectivity index (χ3n) is 3.57. The number of ether oxygens (including phenoxy) is 1. The van der Waals surface area contributed by atoms with Gasteiger partial charge in [-0.25, -0.2) is 0 Å². The van der Waals surface area contributed by atoms with Crippen LogP contribution in [0, 0.1) is 0 Å². The fourth-order valence-electron chi connectivity index (χ4n) is 2.60. The van der Waals surface area contributed by atoms with Gasteiger partial charge in [-0.1, -0.05) is 0 Å². The van der Waals surface area contributed by atoms with Gasteiger partial charge in [-0.2, -0.15) is 0 Å². The Kier molecular flexibility index (Phi) is 3.66. The van der Waals surface area contributed by atoms with Crippen molar-refractivity contribution in [3.8, 4) is 0 Å². The molecule has 1 fully saturated rings. The number of thioether (sulfide) groups is 1. The summed E-state index contributed by atoms with van der Waals surface area (Å²) >= 11 is 1.78. The van der Waals surface area contributed by atoms with E-state index in [4.69, 9.17) is 10.5 Å². The Hall–Kier alpha value is -1.20. The van der Waals surface area contributed by atoms with E-state index in [2.05, 4.69) is 0 Å². The predicted octanol–water partition coefficient (Wildman–Crippen LogP) is 2.28. The maximum atomic E-state index is 12.4. The Labute approximate surface area is 117 Å². The molecule has 2 heterocycles. The van der Waals surface area contributed by atoms with Crippen molar-refractivity contribution < 1.29 is 9.53 Å². The van der Waals surface area contributed by atoms with Crippen molar-refractivity contribution in [1.29, 1.82) is 0 Å². The number of rotatable bonds is 2. The van der Waals surface area contributed by atoms with Crippen molar-refractivity contribution >= 4 is 29.0 Å². The van der Waals surface area contributed by atoms with Crippen LogP contribution in [0.25, 0.3) is 0 Å². The summed E-state index contributed by atoms with van der Waals surface area (Å²) in [6.45, 7) is 1.55. The standard InChI is InChI=1S/C14H18N2O2S/c15-10-3-4-13-12(8-10)16(5-7-19-13)14(17)9-11-2-1-6-18-11/h3-4,8,11H,1-2,5-7,9,15H2. The minimum atomic E-state index is 0.103. The molecule has 1 unspecified atom stereocenters. The summed E-state index contributed by atoms with van der Waals surface area (Å²) in [7, 11) is 0. The van der Waals surface area contributed by atoms with Crippen molar-refractivity contribution in [3.05, 3.63) is 18.2 Å². The van der Waals surface area contributed by atoms with Crippen LogP contribution < -0.4 is 10.6 Å². The maximum absolute atomic E-state index is 12.4. The highest BCUT2D eigenvalue weighted by Crippen LogP contribution is 2.36. The third-order valence-corrected chi connectivity index (χ3v) is 4.62. The number of benzene rings is 1. The maximum Gasteiger partial charge on any atom is 0.229 e. The lowest BCUT2D eigenvalue weighted by atomic mass is 10.1. The van der Waals surface area contributed by atoms with E-state index in [0.29, 0.717) is 12.1 Å². The number of nitrogens with zero attached hydrogens (tertiary/aromatic N) is 1. The van der Waals surface area contributed by atoms with Crippen LogP contribution in [0.2, 0.25) is 0 Å². The molecule has 4 nitrogen and oxygen atoms in total. The molecule has 0 aliphatic carbocycles. The topological polar surface area (TPSA) is 55.6 Å². The fraction of sp³-hybridized carbons (Fsp3) is 0.500. The summed E-state index contributed by atoms with van der Waals surface area (Å²) < 4.78 is 5.55. The number of nitrogen functional groups attached to an aromatic ring is 1. The number of hydrogen-bond donors (Lipinski definition) is 1. The zero-order chi connectivity index (χ0) is 13.2. The lowest BCUT2D eigenvalue weighted by Gasteiger charge is -2.30. The molecule has 0 spiro atoms. The first-order valence-corrected chi connectivity index (χ1v) is 7.67. The molecule has 0 aromatic heterocycles. The first-order valence-electron chi connectivity index (χ1n) is 6.68. The van der Waals surface area contributed by atoms with Crippen molar-refractivity contribution in [1.82, 2.24) is 0 Å². The van der Waals surface area contributed by atoms with Crippen LogP contribution >= 0.6 is 11.8 Å². The van der Waals surface area contributed by atoms with Gasteiger partial charge in [0.1, 0.15) is 0 Å². The van der Waals surface area contributed by atoms with Gasteiger partial charge in [-0.3, -0.25) is 4.79 Å². The molecule has 0 bridgehead atoms. The number of carbonyl (C=O) groups is 1. The zero-order valence-electron chi connectivity index (χ0n) is 10.8. The molecule has 5 heteroatoms. The zero-order valence-corrected chi connectivity index (χ0v) is 11.6. The molecule has 2 aliphatic rings. The summed E-state index contributed by atoms with van der Waals surface area (Å²) in [6.07, 6.45) is 2.65. The molecular weight excluding hydrogens is 260 g/mol. The molecule has 0 saturated carbocycles. The van der Waals surface area contributed by atoms with Crippen LogP contribution in [0.3, 0.4) is 0 Å². The van der Waals surface area contributed by atoms with Crippen LogP contribution in [0.15, 0.2) is 23.1 Å². The number of amides is 1.